The van der Waals surface area contributed by atoms with Crippen LogP contribution in [0.15, 0.2) is 40.0 Å². The van der Waals surface area contributed by atoms with Crippen LogP contribution in [0.5, 0.6) is 0 Å². The smallest absolute Gasteiger partial charge is 0.191 e. The molecule has 2 heterocycles. The Kier molecular flexibility index (Phi) is 8.60. The summed E-state index contributed by atoms with van der Waals surface area (Å²) in [5, 5.41) is 10.5. The lowest BCUT2D eigenvalue weighted by Crippen LogP contribution is -2.37. The topological polar surface area (TPSA) is 75.3 Å². The molecule has 0 radical (unpaired) electrons. The predicted molar refractivity (Wildman–Crippen MR) is 102 cm³/mol. The second-order valence-electron chi connectivity index (χ2n) is 5.30. The molecule has 6 nitrogen and oxygen atoms in total. The number of hydrogen-bond acceptors (Lipinski definition) is 4. The highest BCUT2D eigenvalue weighted by atomic mass is 127. The Morgan fingerprint density at radius 3 is 2.74 bits per heavy atom. The molecule has 23 heavy (non-hydrogen) atoms. The largest absolute Gasteiger partial charge is 0.359 e. The Hall–Kier alpha value is -1.64. The molecule has 126 valence electrons. The quantitative estimate of drug-likeness (QED) is 0.420. The van der Waals surface area contributed by atoms with Crippen LogP contribution in [0, 0.1) is 0 Å². The Labute approximate surface area is 154 Å². The third-order valence-electron chi connectivity index (χ3n) is 3.22. The van der Waals surface area contributed by atoms with E-state index >= 15 is 0 Å². The van der Waals surface area contributed by atoms with Gasteiger partial charge in [0, 0.05) is 38.0 Å². The van der Waals surface area contributed by atoms with Crippen LogP contribution in [0.2, 0.25) is 0 Å². The molecule has 2 aromatic heterocycles. The van der Waals surface area contributed by atoms with Crippen molar-refractivity contribution in [3.63, 3.8) is 0 Å². The molecular weight excluding hydrogens is 405 g/mol. The maximum Gasteiger partial charge on any atom is 0.191 e. The first-order valence-electron chi connectivity index (χ1n) is 7.49. The summed E-state index contributed by atoms with van der Waals surface area (Å²) in [5.74, 6) is 1.91. The number of pyridine rings is 1. The van der Waals surface area contributed by atoms with E-state index in [4.69, 9.17) is 4.52 Å². The Morgan fingerprint density at radius 1 is 1.30 bits per heavy atom. The SMILES string of the molecule is CN=C(NCCc1ccccn1)NCc1cc(C(C)C)no1.I. The van der Waals surface area contributed by atoms with Crippen LogP contribution in [0.4, 0.5) is 0 Å². The second-order valence-corrected chi connectivity index (χ2v) is 5.30. The minimum absolute atomic E-state index is 0. The molecule has 0 aliphatic carbocycles. The van der Waals surface area contributed by atoms with Crippen LogP contribution in [-0.2, 0) is 13.0 Å². The summed E-state index contributed by atoms with van der Waals surface area (Å²) >= 11 is 0. The summed E-state index contributed by atoms with van der Waals surface area (Å²) in [5.41, 5.74) is 2.03. The van der Waals surface area contributed by atoms with Crippen molar-refractivity contribution in [1.29, 1.82) is 0 Å². The molecule has 0 saturated heterocycles. The van der Waals surface area contributed by atoms with Crippen molar-refractivity contribution in [2.24, 2.45) is 4.99 Å². The van der Waals surface area contributed by atoms with Gasteiger partial charge in [-0.15, -0.1) is 24.0 Å². The normalized spacial score (nSPS) is 11.2. The molecule has 0 fully saturated rings. The molecule has 0 aromatic carbocycles. The Morgan fingerprint density at radius 2 is 2.13 bits per heavy atom. The van der Waals surface area contributed by atoms with E-state index in [1.165, 1.54) is 0 Å². The van der Waals surface area contributed by atoms with Gasteiger partial charge in [-0.3, -0.25) is 9.98 Å². The minimum atomic E-state index is 0. The number of guanidine groups is 1. The van der Waals surface area contributed by atoms with Gasteiger partial charge in [0.05, 0.1) is 12.2 Å². The first-order chi connectivity index (χ1) is 10.7. The summed E-state index contributed by atoms with van der Waals surface area (Å²) in [7, 11) is 1.75. The van der Waals surface area contributed by atoms with E-state index in [2.05, 4.69) is 39.6 Å². The lowest BCUT2D eigenvalue weighted by atomic mass is 10.1. The first kappa shape index (κ1) is 19.4. The van der Waals surface area contributed by atoms with E-state index in [1.807, 2.05) is 24.3 Å². The highest BCUT2D eigenvalue weighted by Gasteiger charge is 2.08. The zero-order chi connectivity index (χ0) is 15.8. The van der Waals surface area contributed by atoms with E-state index < -0.39 is 0 Å². The molecule has 2 rings (SSSR count). The molecule has 0 aliphatic rings. The fourth-order valence-corrected chi connectivity index (χ4v) is 1.93. The highest BCUT2D eigenvalue weighted by Crippen LogP contribution is 2.13. The molecule has 0 atom stereocenters. The number of nitrogens with one attached hydrogen (secondary N) is 2. The maximum atomic E-state index is 5.29. The van der Waals surface area contributed by atoms with Crippen molar-refractivity contribution < 1.29 is 4.52 Å². The number of rotatable bonds is 6. The monoisotopic (exact) mass is 429 g/mol. The zero-order valence-corrected chi connectivity index (χ0v) is 16.1. The molecular formula is C16H24IN5O. The summed E-state index contributed by atoms with van der Waals surface area (Å²) in [6, 6.07) is 7.89. The van der Waals surface area contributed by atoms with Gasteiger partial charge in [-0.2, -0.15) is 0 Å². The summed E-state index contributed by atoms with van der Waals surface area (Å²) in [6.07, 6.45) is 2.65. The summed E-state index contributed by atoms with van der Waals surface area (Å²) in [6.45, 7) is 5.51. The van der Waals surface area contributed by atoms with Gasteiger partial charge < -0.3 is 15.2 Å². The Bertz CT molecular complexity index is 598. The van der Waals surface area contributed by atoms with Crippen LogP contribution in [0.3, 0.4) is 0 Å². The molecule has 0 aliphatic heterocycles. The highest BCUT2D eigenvalue weighted by molar-refractivity contribution is 14.0. The van der Waals surface area contributed by atoms with Gasteiger partial charge in [-0.1, -0.05) is 25.1 Å². The zero-order valence-electron chi connectivity index (χ0n) is 13.7. The van der Waals surface area contributed by atoms with Crippen molar-refractivity contribution in [3.8, 4) is 0 Å². The molecule has 7 heteroatoms. The second kappa shape index (κ2) is 10.2. The van der Waals surface area contributed by atoms with E-state index in [-0.39, 0.29) is 24.0 Å². The number of aromatic nitrogens is 2. The number of nitrogens with zero attached hydrogens (tertiary/aromatic N) is 3. The van der Waals surface area contributed by atoms with Crippen molar-refractivity contribution in [1.82, 2.24) is 20.8 Å². The van der Waals surface area contributed by atoms with Crippen molar-refractivity contribution >= 4 is 29.9 Å². The summed E-state index contributed by atoms with van der Waals surface area (Å²) < 4.78 is 5.29. The standard InChI is InChI=1S/C16H23N5O.HI/c1-12(2)15-10-14(22-21-15)11-20-16(17-3)19-9-7-13-6-4-5-8-18-13;/h4-6,8,10,12H,7,9,11H2,1-3H3,(H2,17,19,20);1H. The molecule has 0 spiro atoms. The molecule has 2 aromatic rings. The van der Waals surface area contributed by atoms with Gasteiger partial charge in [-0.05, 0) is 18.1 Å². The number of hydrogen-bond donors (Lipinski definition) is 2. The molecule has 0 unspecified atom stereocenters. The van der Waals surface area contributed by atoms with Gasteiger partial charge in [-0.25, -0.2) is 0 Å². The van der Waals surface area contributed by atoms with Gasteiger partial charge in [0.2, 0.25) is 0 Å². The maximum absolute atomic E-state index is 5.29. The van der Waals surface area contributed by atoms with Gasteiger partial charge in [0.15, 0.2) is 11.7 Å². The summed E-state index contributed by atoms with van der Waals surface area (Å²) in [4.78, 5) is 8.48. The van der Waals surface area contributed by atoms with Gasteiger partial charge in [0.1, 0.15) is 0 Å². The van der Waals surface area contributed by atoms with E-state index in [9.17, 15) is 0 Å². The molecule has 0 amide bonds. The Balaban J connectivity index is 0.00000264. The van der Waals surface area contributed by atoms with Crippen LogP contribution in [0.25, 0.3) is 0 Å². The average molecular weight is 429 g/mol. The van der Waals surface area contributed by atoms with Crippen LogP contribution < -0.4 is 10.6 Å². The van der Waals surface area contributed by atoms with E-state index in [0.29, 0.717) is 12.5 Å². The molecule has 2 N–H and O–H groups in total. The van der Waals surface area contributed by atoms with Crippen LogP contribution >= 0.6 is 24.0 Å². The minimum Gasteiger partial charge on any atom is -0.359 e. The lowest BCUT2D eigenvalue weighted by Gasteiger charge is -2.10. The van der Waals surface area contributed by atoms with Crippen molar-refractivity contribution in [3.05, 3.63) is 47.6 Å². The van der Waals surface area contributed by atoms with Crippen LogP contribution in [-0.4, -0.2) is 29.7 Å². The number of aliphatic imine (C=N–C) groups is 1. The fraction of sp³-hybridized carbons (Fsp3) is 0.438. The first-order valence-corrected chi connectivity index (χ1v) is 7.49. The molecule has 0 bridgehead atoms. The predicted octanol–water partition coefficient (Wildman–Crippen LogP) is 2.72. The third-order valence-corrected chi connectivity index (χ3v) is 3.22. The van der Waals surface area contributed by atoms with E-state index in [0.717, 1.165) is 36.1 Å². The average Bonchev–Trinajstić information content (AvgIpc) is 3.01. The van der Waals surface area contributed by atoms with Crippen molar-refractivity contribution in [2.75, 3.05) is 13.6 Å². The van der Waals surface area contributed by atoms with Gasteiger partial charge >= 0.3 is 0 Å². The van der Waals surface area contributed by atoms with Crippen LogP contribution in [0.1, 0.15) is 36.9 Å². The number of halogens is 1. The van der Waals surface area contributed by atoms with Gasteiger partial charge in [0.25, 0.3) is 0 Å². The fourth-order valence-electron chi connectivity index (χ4n) is 1.93. The lowest BCUT2D eigenvalue weighted by molar-refractivity contribution is 0.372. The van der Waals surface area contributed by atoms with E-state index in [1.54, 1.807) is 13.2 Å². The molecule has 0 saturated carbocycles. The van der Waals surface area contributed by atoms with Crippen molar-refractivity contribution in [2.45, 2.75) is 32.7 Å². The third kappa shape index (κ3) is 6.55.